The highest BCUT2D eigenvalue weighted by atomic mass is 16.7. The topological polar surface area (TPSA) is 18.5 Å². The smallest absolute Gasteiger partial charge is 0.167 e. The Morgan fingerprint density at radius 2 is 1.78 bits per heavy atom. The van der Waals surface area contributed by atoms with Crippen molar-refractivity contribution >= 4 is 0 Å². The predicted molar refractivity (Wildman–Crippen MR) is 37.0 cm³/mol. The van der Waals surface area contributed by atoms with Crippen molar-refractivity contribution < 1.29 is 9.47 Å². The van der Waals surface area contributed by atoms with Crippen LogP contribution in [0, 0.1) is 6.92 Å². The minimum atomic E-state index is -0.444. The molecule has 0 amide bonds. The van der Waals surface area contributed by atoms with E-state index in [0.29, 0.717) is 6.42 Å². The highest BCUT2D eigenvalue weighted by molar-refractivity contribution is 4.67. The molecule has 0 aromatic rings. The highest BCUT2D eigenvalue weighted by Gasteiger charge is 2.23. The summed E-state index contributed by atoms with van der Waals surface area (Å²) in [5.41, 5.74) is 0. The van der Waals surface area contributed by atoms with E-state index in [1.807, 2.05) is 6.92 Å². The van der Waals surface area contributed by atoms with E-state index in [9.17, 15) is 0 Å². The van der Waals surface area contributed by atoms with E-state index in [4.69, 9.17) is 9.47 Å². The summed E-state index contributed by atoms with van der Waals surface area (Å²) in [7, 11) is 3.27. The van der Waals surface area contributed by atoms with Crippen LogP contribution in [-0.4, -0.2) is 20.0 Å². The Balaban J connectivity index is 3.82. The number of ether oxygens (including phenoxy) is 2. The molecule has 2 nitrogen and oxygen atoms in total. The Labute approximate surface area is 57.2 Å². The van der Waals surface area contributed by atoms with Crippen LogP contribution >= 0.6 is 0 Å². The molecule has 0 rings (SSSR count). The molecule has 0 aromatic heterocycles. The molecular weight excluding hydrogens is 116 g/mol. The molecule has 0 aliphatic rings. The Hall–Kier alpha value is -0.0800. The molecule has 0 bridgehead atoms. The lowest BCUT2D eigenvalue weighted by atomic mass is 10.1. The van der Waals surface area contributed by atoms with Crippen molar-refractivity contribution in [1.82, 2.24) is 0 Å². The van der Waals surface area contributed by atoms with Gasteiger partial charge in [0.2, 0.25) is 0 Å². The van der Waals surface area contributed by atoms with Crippen molar-refractivity contribution in [2.75, 3.05) is 14.2 Å². The number of hydrogen-bond acceptors (Lipinski definition) is 2. The number of hydrogen-bond donors (Lipinski definition) is 0. The fourth-order valence-corrected chi connectivity index (χ4v) is 0.753. The Bertz CT molecular complexity index is 49.8. The molecule has 55 valence electrons. The second-order valence-electron chi connectivity index (χ2n) is 1.92. The van der Waals surface area contributed by atoms with Crippen LogP contribution in [0.15, 0.2) is 0 Å². The van der Waals surface area contributed by atoms with Gasteiger partial charge in [-0.3, -0.25) is 0 Å². The van der Waals surface area contributed by atoms with E-state index in [-0.39, 0.29) is 0 Å². The molecular formula is C7H15O2. The quantitative estimate of drug-likeness (QED) is 0.540. The van der Waals surface area contributed by atoms with Gasteiger partial charge in [0.05, 0.1) is 0 Å². The van der Waals surface area contributed by atoms with Gasteiger partial charge in [-0.05, 0) is 13.3 Å². The van der Waals surface area contributed by atoms with Crippen molar-refractivity contribution in [3.63, 3.8) is 0 Å². The molecule has 0 saturated carbocycles. The minimum absolute atomic E-state index is 0.444. The molecule has 0 N–H and O–H groups in total. The maximum absolute atomic E-state index is 5.10. The van der Waals surface area contributed by atoms with Gasteiger partial charge in [0.15, 0.2) is 5.79 Å². The molecule has 0 aromatic carbocycles. The summed E-state index contributed by atoms with van der Waals surface area (Å²) < 4.78 is 10.2. The fraction of sp³-hybridized carbons (Fsp3) is 0.857. The van der Waals surface area contributed by atoms with E-state index in [1.165, 1.54) is 0 Å². The third-order valence-electron chi connectivity index (χ3n) is 1.66. The normalized spacial score (nSPS) is 12.0. The van der Waals surface area contributed by atoms with Gasteiger partial charge in [0.1, 0.15) is 0 Å². The Kier molecular flexibility index (Phi) is 3.82. The third-order valence-corrected chi connectivity index (χ3v) is 1.66. The molecule has 1 radical (unpaired) electrons. The van der Waals surface area contributed by atoms with Crippen LogP contribution in [0.2, 0.25) is 0 Å². The average Bonchev–Trinajstić information content (AvgIpc) is 1.95. The molecule has 0 spiro atoms. The maximum Gasteiger partial charge on any atom is 0.167 e. The van der Waals surface area contributed by atoms with Crippen molar-refractivity contribution in [2.24, 2.45) is 0 Å². The zero-order valence-electron chi connectivity index (χ0n) is 6.44. The monoisotopic (exact) mass is 131 g/mol. The summed E-state index contributed by atoms with van der Waals surface area (Å²) >= 11 is 0. The lowest BCUT2D eigenvalue weighted by Crippen LogP contribution is -2.31. The van der Waals surface area contributed by atoms with Crippen LogP contribution in [0.3, 0.4) is 0 Å². The molecule has 0 fully saturated rings. The van der Waals surface area contributed by atoms with Crippen molar-refractivity contribution in [3.8, 4) is 0 Å². The van der Waals surface area contributed by atoms with Crippen LogP contribution in [0.25, 0.3) is 0 Å². The Morgan fingerprint density at radius 3 is 1.78 bits per heavy atom. The SMILES string of the molecule is [CH2]CC(CC)(OC)OC. The average molecular weight is 131 g/mol. The lowest BCUT2D eigenvalue weighted by molar-refractivity contribution is -0.205. The van der Waals surface area contributed by atoms with Crippen LogP contribution in [0.5, 0.6) is 0 Å². The molecule has 0 unspecified atom stereocenters. The maximum atomic E-state index is 5.10. The van der Waals surface area contributed by atoms with E-state index in [2.05, 4.69) is 6.92 Å². The van der Waals surface area contributed by atoms with Gasteiger partial charge in [-0.15, -0.1) is 0 Å². The highest BCUT2D eigenvalue weighted by Crippen LogP contribution is 2.18. The van der Waals surface area contributed by atoms with E-state index >= 15 is 0 Å². The van der Waals surface area contributed by atoms with Crippen LogP contribution in [0.4, 0.5) is 0 Å². The van der Waals surface area contributed by atoms with Crippen molar-refractivity contribution in [2.45, 2.75) is 25.6 Å². The van der Waals surface area contributed by atoms with Gasteiger partial charge in [-0.25, -0.2) is 0 Å². The first kappa shape index (κ1) is 8.92. The Morgan fingerprint density at radius 1 is 1.33 bits per heavy atom. The molecule has 0 aliphatic carbocycles. The van der Waals surface area contributed by atoms with Gasteiger partial charge in [-0.1, -0.05) is 6.92 Å². The molecule has 0 aliphatic heterocycles. The van der Waals surface area contributed by atoms with E-state index in [0.717, 1.165) is 6.42 Å². The van der Waals surface area contributed by atoms with Gasteiger partial charge in [-0.2, -0.15) is 0 Å². The first-order valence-electron chi connectivity index (χ1n) is 3.14. The summed E-state index contributed by atoms with van der Waals surface area (Å²) in [6.07, 6.45) is 1.49. The fourth-order valence-electron chi connectivity index (χ4n) is 0.753. The lowest BCUT2D eigenvalue weighted by Gasteiger charge is -2.27. The van der Waals surface area contributed by atoms with Crippen LogP contribution in [-0.2, 0) is 9.47 Å². The second kappa shape index (κ2) is 3.85. The van der Waals surface area contributed by atoms with Crippen LogP contribution < -0.4 is 0 Å². The molecule has 0 atom stereocenters. The van der Waals surface area contributed by atoms with E-state index in [1.54, 1.807) is 14.2 Å². The van der Waals surface area contributed by atoms with Gasteiger partial charge >= 0.3 is 0 Å². The summed E-state index contributed by atoms with van der Waals surface area (Å²) in [5.74, 6) is -0.444. The largest absolute Gasteiger partial charge is 0.353 e. The third kappa shape index (κ3) is 1.95. The van der Waals surface area contributed by atoms with Crippen molar-refractivity contribution in [1.29, 1.82) is 0 Å². The second-order valence-corrected chi connectivity index (χ2v) is 1.92. The summed E-state index contributed by atoms with van der Waals surface area (Å²) in [5, 5.41) is 0. The van der Waals surface area contributed by atoms with Crippen LogP contribution in [0.1, 0.15) is 19.8 Å². The molecule has 0 heterocycles. The number of methoxy groups -OCH3 is 2. The first-order chi connectivity index (χ1) is 4.24. The van der Waals surface area contributed by atoms with E-state index < -0.39 is 5.79 Å². The summed E-state index contributed by atoms with van der Waals surface area (Å²) in [6, 6.07) is 0. The summed E-state index contributed by atoms with van der Waals surface area (Å²) in [6.45, 7) is 5.73. The van der Waals surface area contributed by atoms with Crippen molar-refractivity contribution in [3.05, 3.63) is 6.92 Å². The molecule has 0 saturated heterocycles. The zero-order valence-corrected chi connectivity index (χ0v) is 6.44. The first-order valence-corrected chi connectivity index (χ1v) is 3.14. The van der Waals surface area contributed by atoms with Gasteiger partial charge in [0.25, 0.3) is 0 Å². The van der Waals surface area contributed by atoms with Gasteiger partial charge in [0, 0.05) is 20.6 Å². The molecule has 9 heavy (non-hydrogen) atoms. The number of rotatable bonds is 4. The summed E-state index contributed by atoms with van der Waals surface area (Å²) in [4.78, 5) is 0. The predicted octanol–water partition coefficient (Wildman–Crippen LogP) is 1.61. The zero-order chi connectivity index (χ0) is 7.33. The standard InChI is InChI=1S/C7H15O2/c1-5-7(6-2,8-3)9-4/h1,5-6H2,2-4H3. The van der Waals surface area contributed by atoms with Gasteiger partial charge < -0.3 is 9.47 Å². The molecule has 2 heteroatoms. The minimum Gasteiger partial charge on any atom is -0.353 e.